The summed E-state index contributed by atoms with van der Waals surface area (Å²) in [6.07, 6.45) is 5.15. The smallest absolute Gasteiger partial charge is 0.119 e. The number of nitrogens with zero attached hydrogens (tertiary/aromatic N) is 3. The molecule has 4 rings (SSSR count). The SMILES string of the molecule is N#Cc1cnc2ccccc2c1NCc1ccc(OCc2cccnc2)cc1. The van der Waals surface area contributed by atoms with Gasteiger partial charge in [-0.05, 0) is 29.8 Å². The highest BCUT2D eigenvalue weighted by molar-refractivity contribution is 5.93. The number of nitrogens with one attached hydrogen (secondary N) is 1. The standard InChI is InChI=1S/C23H18N4O/c24-12-19-15-26-22-6-2-1-5-21(22)23(19)27-14-17-7-9-20(10-8-17)28-16-18-4-3-11-25-13-18/h1-11,13,15H,14,16H2,(H,26,27). The van der Waals surface area contributed by atoms with Crippen LogP contribution in [0.1, 0.15) is 16.7 Å². The molecular formula is C23H18N4O. The molecule has 5 heteroatoms. The molecule has 5 nitrogen and oxygen atoms in total. The number of aromatic nitrogens is 2. The maximum atomic E-state index is 9.41. The molecule has 0 radical (unpaired) electrons. The van der Waals surface area contributed by atoms with Crippen molar-refractivity contribution in [1.82, 2.24) is 9.97 Å². The maximum Gasteiger partial charge on any atom is 0.119 e. The summed E-state index contributed by atoms with van der Waals surface area (Å²) >= 11 is 0. The van der Waals surface area contributed by atoms with Gasteiger partial charge in [0.15, 0.2) is 0 Å². The summed E-state index contributed by atoms with van der Waals surface area (Å²) in [7, 11) is 0. The first kappa shape index (κ1) is 17.5. The molecule has 136 valence electrons. The summed E-state index contributed by atoms with van der Waals surface area (Å²) in [5.41, 5.74) is 4.34. The summed E-state index contributed by atoms with van der Waals surface area (Å²) in [6.45, 7) is 1.09. The lowest BCUT2D eigenvalue weighted by Crippen LogP contribution is -2.03. The average Bonchev–Trinajstić information content (AvgIpc) is 2.77. The summed E-state index contributed by atoms with van der Waals surface area (Å²) in [6, 6.07) is 21.8. The fourth-order valence-electron chi connectivity index (χ4n) is 2.96. The van der Waals surface area contributed by atoms with Crippen molar-refractivity contribution in [2.24, 2.45) is 0 Å². The van der Waals surface area contributed by atoms with Crippen LogP contribution in [0.2, 0.25) is 0 Å². The van der Waals surface area contributed by atoms with Gasteiger partial charge in [0, 0.05) is 36.1 Å². The van der Waals surface area contributed by atoms with E-state index in [4.69, 9.17) is 4.74 Å². The number of hydrogen-bond acceptors (Lipinski definition) is 5. The van der Waals surface area contributed by atoms with Crippen LogP contribution in [0.25, 0.3) is 10.9 Å². The molecule has 0 saturated heterocycles. The Morgan fingerprint density at radius 3 is 2.57 bits per heavy atom. The highest BCUT2D eigenvalue weighted by Crippen LogP contribution is 2.26. The molecular weight excluding hydrogens is 348 g/mol. The molecule has 0 fully saturated rings. The van der Waals surface area contributed by atoms with E-state index in [2.05, 4.69) is 21.4 Å². The second kappa shape index (κ2) is 8.19. The topological polar surface area (TPSA) is 70.8 Å². The summed E-state index contributed by atoms with van der Waals surface area (Å²) < 4.78 is 5.79. The number of rotatable bonds is 6. The van der Waals surface area contributed by atoms with Crippen molar-refractivity contribution in [3.63, 3.8) is 0 Å². The molecule has 1 N–H and O–H groups in total. The number of hydrogen-bond donors (Lipinski definition) is 1. The van der Waals surface area contributed by atoms with E-state index < -0.39 is 0 Å². The molecule has 0 unspecified atom stereocenters. The van der Waals surface area contributed by atoms with Gasteiger partial charge in [0.2, 0.25) is 0 Å². The van der Waals surface area contributed by atoms with Gasteiger partial charge < -0.3 is 10.1 Å². The largest absolute Gasteiger partial charge is 0.489 e. The zero-order valence-electron chi connectivity index (χ0n) is 15.2. The molecule has 2 heterocycles. The van der Waals surface area contributed by atoms with Crippen LogP contribution < -0.4 is 10.1 Å². The number of benzene rings is 2. The highest BCUT2D eigenvalue weighted by Gasteiger charge is 2.08. The molecule has 4 aromatic rings. The van der Waals surface area contributed by atoms with E-state index in [-0.39, 0.29) is 0 Å². The third-order valence-electron chi connectivity index (χ3n) is 4.42. The minimum absolute atomic E-state index is 0.486. The zero-order chi connectivity index (χ0) is 19.2. The van der Waals surface area contributed by atoms with E-state index in [1.54, 1.807) is 18.6 Å². The van der Waals surface area contributed by atoms with E-state index in [1.807, 2.05) is 60.7 Å². The molecule has 0 aliphatic carbocycles. The quantitative estimate of drug-likeness (QED) is 0.536. The van der Waals surface area contributed by atoms with Gasteiger partial charge in [-0.1, -0.05) is 36.4 Å². The monoisotopic (exact) mass is 366 g/mol. The normalized spacial score (nSPS) is 10.4. The van der Waals surface area contributed by atoms with Crippen LogP contribution in [-0.2, 0) is 13.2 Å². The minimum Gasteiger partial charge on any atom is -0.489 e. The van der Waals surface area contributed by atoms with Crippen molar-refractivity contribution in [3.05, 3.63) is 95.9 Å². The van der Waals surface area contributed by atoms with Crippen LogP contribution in [0, 0.1) is 11.3 Å². The number of nitriles is 1. The van der Waals surface area contributed by atoms with Crippen molar-refractivity contribution in [2.75, 3.05) is 5.32 Å². The predicted octanol–water partition coefficient (Wildman–Crippen LogP) is 4.69. The van der Waals surface area contributed by atoms with Gasteiger partial charge in [0.1, 0.15) is 18.4 Å². The lowest BCUT2D eigenvalue weighted by atomic mass is 10.1. The van der Waals surface area contributed by atoms with Gasteiger partial charge in [0.25, 0.3) is 0 Å². The fourth-order valence-corrected chi connectivity index (χ4v) is 2.96. The van der Waals surface area contributed by atoms with Gasteiger partial charge in [-0.3, -0.25) is 9.97 Å². The summed E-state index contributed by atoms with van der Waals surface area (Å²) in [4.78, 5) is 8.43. The second-order valence-electron chi connectivity index (χ2n) is 6.32. The lowest BCUT2D eigenvalue weighted by molar-refractivity contribution is 0.305. The van der Waals surface area contributed by atoms with E-state index in [9.17, 15) is 5.26 Å². The molecule has 0 aliphatic rings. The van der Waals surface area contributed by atoms with Crippen molar-refractivity contribution in [3.8, 4) is 11.8 Å². The van der Waals surface area contributed by atoms with Crippen LogP contribution in [-0.4, -0.2) is 9.97 Å². The average molecular weight is 366 g/mol. The molecule has 0 saturated carbocycles. The Hall–Kier alpha value is -3.91. The first-order valence-corrected chi connectivity index (χ1v) is 8.96. The molecule has 2 aromatic heterocycles. The fraction of sp³-hybridized carbons (Fsp3) is 0.0870. The minimum atomic E-state index is 0.486. The van der Waals surface area contributed by atoms with Crippen LogP contribution in [0.3, 0.4) is 0 Å². The molecule has 0 atom stereocenters. The number of pyridine rings is 2. The Labute approximate surface area is 163 Å². The van der Waals surface area contributed by atoms with Gasteiger partial charge >= 0.3 is 0 Å². The Morgan fingerprint density at radius 1 is 0.929 bits per heavy atom. The Bertz CT molecular complexity index is 1120. The molecule has 0 amide bonds. The van der Waals surface area contributed by atoms with Crippen molar-refractivity contribution >= 4 is 16.6 Å². The summed E-state index contributed by atoms with van der Waals surface area (Å²) in [5, 5.41) is 13.7. The first-order chi connectivity index (χ1) is 13.8. The third kappa shape index (κ3) is 3.92. The van der Waals surface area contributed by atoms with Crippen molar-refractivity contribution < 1.29 is 4.74 Å². The van der Waals surface area contributed by atoms with Crippen LogP contribution in [0.15, 0.2) is 79.3 Å². The number of ether oxygens (including phenoxy) is 1. The number of para-hydroxylation sites is 1. The van der Waals surface area contributed by atoms with E-state index in [0.29, 0.717) is 18.7 Å². The predicted molar refractivity (Wildman–Crippen MR) is 109 cm³/mol. The first-order valence-electron chi connectivity index (χ1n) is 8.96. The van der Waals surface area contributed by atoms with Crippen LogP contribution >= 0.6 is 0 Å². The number of anilines is 1. The second-order valence-corrected chi connectivity index (χ2v) is 6.32. The Balaban J connectivity index is 1.44. The zero-order valence-corrected chi connectivity index (χ0v) is 15.2. The van der Waals surface area contributed by atoms with Gasteiger partial charge in [-0.15, -0.1) is 0 Å². The highest BCUT2D eigenvalue weighted by atomic mass is 16.5. The Morgan fingerprint density at radius 2 is 1.79 bits per heavy atom. The van der Waals surface area contributed by atoms with Gasteiger partial charge in [-0.2, -0.15) is 5.26 Å². The lowest BCUT2D eigenvalue weighted by Gasteiger charge is -2.12. The molecule has 2 aromatic carbocycles. The molecule has 0 aliphatic heterocycles. The van der Waals surface area contributed by atoms with Crippen LogP contribution in [0.4, 0.5) is 5.69 Å². The number of fused-ring (bicyclic) bond motifs is 1. The van der Waals surface area contributed by atoms with E-state index in [0.717, 1.165) is 33.5 Å². The van der Waals surface area contributed by atoms with Crippen molar-refractivity contribution in [2.45, 2.75) is 13.2 Å². The molecule has 0 spiro atoms. The van der Waals surface area contributed by atoms with Gasteiger partial charge in [0.05, 0.1) is 16.8 Å². The van der Waals surface area contributed by atoms with Crippen molar-refractivity contribution in [1.29, 1.82) is 5.26 Å². The Kier molecular flexibility index (Phi) is 5.12. The van der Waals surface area contributed by atoms with E-state index >= 15 is 0 Å². The summed E-state index contributed by atoms with van der Waals surface area (Å²) in [5.74, 6) is 0.805. The third-order valence-corrected chi connectivity index (χ3v) is 4.42. The van der Waals surface area contributed by atoms with Crippen LogP contribution in [0.5, 0.6) is 5.75 Å². The van der Waals surface area contributed by atoms with Gasteiger partial charge in [-0.25, -0.2) is 0 Å². The maximum absolute atomic E-state index is 9.41. The molecule has 28 heavy (non-hydrogen) atoms. The molecule has 0 bridgehead atoms. The van der Waals surface area contributed by atoms with E-state index in [1.165, 1.54) is 0 Å².